The zero-order valence-electron chi connectivity index (χ0n) is 31.0. The van der Waals surface area contributed by atoms with Gasteiger partial charge >= 0.3 is 0 Å². The standard InChI is InChI=1S/C45H45N3O3S3/c1-4-7-28-46-34-16-10-13-19-37(34)52-40(46)25-22-31-43(49)32(23-26-41-47(29-8-5-2)35-17-11-14-20-38(35)53-41)45(51)33(44(31)50)24-27-42-48(30-9-6-3)36-18-12-15-21-39(36)54-42/h10-27H,4-9,28-30H2,1-3H3/b31-22?,32-23?,33-24?,40-25-,41-26+,42-27+. The quantitative estimate of drug-likeness (QED) is 0.132. The number of hydrogen-bond acceptors (Lipinski definition) is 9. The van der Waals surface area contributed by atoms with Crippen molar-refractivity contribution in [3.8, 4) is 0 Å². The fraction of sp³-hybridized carbons (Fsp3) is 0.267. The Morgan fingerprint density at radius 1 is 0.426 bits per heavy atom. The third-order valence-electron chi connectivity index (χ3n) is 9.76. The molecule has 54 heavy (non-hydrogen) atoms. The SMILES string of the molecule is CCCCN1/C(=C/C=C2C(=O)C(=C/C=C3/Sc4ccccc4N3CCCC)C(=O)C(=C/C=C3/Sc4ccccc4N3CCCC)C2=O)Sc2ccccc21. The van der Waals surface area contributed by atoms with E-state index in [-0.39, 0.29) is 16.7 Å². The first-order valence-corrected chi connectivity index (χ1v) is 21.4. The summed E-state index contributed by atoms with van der Waals surface area (Å²) in [5.74, 6) is -1.63. The minimum absolute atomic E-state index is 0.00111. The smallest absolute Gasteiger partial charge is 0.200 e. The van der Waals surface area contributed by atoms with E-state index in [1.807, 2.05) is 54.6 Å². The highest BCUT2D eigenvalue weighted by molar-refractivity contribution is 8.04. The molecule has 0 N–H and O–H groups in total. The highest BCUT2D eigenvalue weighted by Gasteiger charge is 2.38. The lowest BCUT2D eigenvalue weighted by atomic mass is 9.82. The van der Waals surface area contributed by atoms with Gasteiger partial charge in [0.1, 0.15) is 0 Å². The average Bonchev–Trinajstić information content (AvgIpc) is 3.85. The lowest BCUT2D eigenvalue weighted by Gasteiger charge is -2.21. The summed E-state index contributed by atoms with van der Waals surface area (Å²) in [5, 5.41) is 2.86. The molecule has 3 aromatic carbocycles. The molecule has 0 unspecified atom stereocenters. The number of ketones is 3. The number of carbonyl (C=O) groups excluding carboxylic acids is 3. The summed E-state index contributed by atoms with van der Waals surface area (Å²) in [6.07, 6.45) is 16.7. The van der Waals surface area contributed by atoms with Crippen LogP contribution in [0.5, 0.6) is 0 Å². The Morgan fingerprint density at radius 2 is 0.704 bits per heavy atom. The van der Waals surface area contributed by atoms with E-state index < -0.39 is 17.3 Å². The van der Waals surface area contributed by atoms with Crippen LogP contribution >= 0.6 is 35.3 Å². The monoisotopic (exact) mass is 771 g/mol. The van der Waals surface area contributed by atoms with Gasteiger partial charge in [0.05, 0.1) is 48.9 Å². The largest absolute Gasteiger partial charge is 0.335 e. The molecule has 0 amide bonds. The highest BCUT2D eigenvalue weighted by atomic mass is 32.2. The van der Waals surface area contributed by atoms with Gasteiger partial charge in [-0.1, -0.05) is 112 Å². The first-order valence-electron chi connectivity index (χ1n) is 19.0. The lowest BCUT2D eigenvalue weighted by molar-refractivity contribution is -0.124. The van der Waals surface area contributed by atoms with Crippen LogP contribution in [0.4, 0.5) is 17.1 Å². The molecule has 0 atom stereocenters. The van der Waals surface area contributed by atoms with Crippen LogP contribution in [0.15, 0.2) is 156 Å². The van der Waals surface area contributed by atoms with Crippen LogP contribution in [0.3, 0.4) is 0 Å². The molecule has 1 saturated carbocycles. The van der Waals surface area contributed by atoms with Gasteiger partial charge in [-0.05, 0) is 92.1 Å². The number of benzene rings is 3. The molecule has 0 radical (unpaired) electrons. The first kappa shape index (κ1) is 37.9. The van der Waals surface area contributed by atoms with E-state index in [0.29, 0.717) is 0 Å². The molecule has 0 saturated heterocycles. The normalized spacial score (nSPS) is 20.4. The van der Waals surface area contributed by atoms with Crippen LogP contribution < -0.4 is 14.7 Å². The molecule has 4 aliphatic rings. The zero-order chi connectivity index (χ0) is 37.6. The van der Waals surface area contributed by atoms with Gasteiger partial charge in [-0.25, -0.2) is 0 Å². The molecule has 0 spiro atoms. The van der Waals surface area contributed by atoms with E-state index in [4.69, 9.17) is 0 Å². The second-order valence-corrected chi connectivity index (χ2v) is 16.7. The molecule has 9 heteroatoms. The molecular weight excluding hydrogens is 727 g/mol. The van der Waals surface area contributed by atoms with Crippen LogP contribution in [0.1, 0.15) is 59.3 Å². The molecule has 0 bridgehead atoms. The van der Waals surface area contributed by atoms with Crippen LogP contribution in [0, 0.1) is 0 Å². The van der Waals surface area contributed by atoms with E-state index in [2.05, 4.69) is 71.9 Å². The predicted octanol–water partition coefficient (Wildman–Crippen LogP) is 11.2. The Labute approximate surface area is 331 Å². The Morgan fingerprint density at radius 3 is 0.981 bits per heavy atom. The number of thioether (sulfide) groups is 3. The lowest BCUT2D eigenvalue weighted by Crippen LogP contribution is -2.31. The Bertz CT molecular complexity index is 1900. The molecule has 1 fully saturated rings. The van der Waals surface area contributed by atoms with Crippen molar-refractivity contribution >= 4 is 69.7 Å². The Kier molecular flexibility index (Phi) is 12.2. The topological polar surface area (TPSA) is 60.9 Å². The van der Waals surface area contributed by atoms with Crippen molar-refractivity contribution in [2.75, 3.05) is 34.3 Å². The van der Waals surface area contributed by atoms with E-state index >= 15 is 0 Å². The van der Waals surface area contributed by atoms with Crippen molar-refractivity contribution in [1.82, 2.24) is 0 Å². The molecule has 0 aromatic heterocycles. The minimum atomic E-state index is -0.544. The molecule has 276 valence electrons. The Hall–Kier alpha value is -4.44. The number of carbonyl (C=O) groups is 3. The van der Waals surface area contributed by atoms with E-state index in [1.54, 1.807) is 53.5 Å². The number of anilines is 3. The van der Waals surface area contributed by atoms with Gasteiger partial charge in [-0.2, -0.15) is 0 Å². The van der Waals surface area contributed by atoms with Crippen LogP contribution in [0.25, 0.3) is 0 Å². The van der Waals surface area contributed by atoms with Gasteiger partial charge in [-0.3, -0.25) is 14.4 Å². The molecular formula is C45H45N3O3S3. The van der Waals surface area contributed by atoms with Crippen molar-refractivity contribution in [2.45, 2.75) is 74.0 Å². The third kappa shape index (κ3) is 7.72. The second-order valence-electron chi connectivity index (χ2n) is 13.5. The molecule has 7 rings (SSSR count). The number of nitrogens with zero attached hydrogens (tertiary/aromatic N) is 3. The number of unbranched alkanes of at least 4 members (excludes halogenated alkanes) is 3. The van der Waals surface area contributed by atoms with Crippen LogP contribution in [-0.4, -0.2) is 37.0 Å². The number of Topliss-reactive ketones (excluding diaryl/α,β-unsaturated/α-hetero) is 3. The van der Waals surface area contributed by atoms with Crippen molar-refractivity contribution in [1.29, 1.82) is 0 Å². The molecule has 1 aliphatic carbocycles. The molecule has 3 heterocycles. The van der Waals surface area contributed by atoms with Gasteiger partial charge in [0.2, 0.25) is 17.3 Å². The van der Waals surface area contributed by atoms with Gasteiger partial charge in [0.15, 0.2) is 0 Å². The van der Waals surface area contributed by atoms with Gasteiger partial charge in [0.25, 0.3) is 0 Å². The maximum Gasteiger partial charge on any atom is 0.200 e. The average molecular weight is 772 g/mol. The maximum absolute atomic E-state index is 14.3. The van der Waals surface area contributed by atoms with Crippen molar-refractivity contribution in [3.05, 3.63) is 141 Å². The minimum Gasteiger partial charge on any atom is -0.335 e. The number of rotatable bonds is 12. The number of allylic oxidation sites excluding steroid dienone is 9. The summed E-state index contributed by atoms with van der Waals surface area (Å²) in [4.78, 5) is 53.1. The van der Waals surface area contributed by atoms with Crippen LogP contribution in [0.2, 0.25) is 0 Å². The van der Waals surface area contributed by atoms with E-state index in [0.717, 1.165) is 105 Å². The summed E-state index contributed by atoms with van der Waals surface area (Å²) < 4.78 is 0. The third-order valence-corrected chi connectivity index (χ3v) is 13.2. The van der Waals surface area contributed by atoms with E-state index in [1.165, 1.54) is 0 Å². The number of hydrogen-bond donors (Lipinski definition) is 0. The van der Waals surface area contributed by atoms with Gasteiger partial charge in [-0.15, -0.1) is 0 Å². The maximum atomic E-state index is 14.3. The van der Waals surface area contributed by atoms with Gasteiger partial charge < -0.3 is 14.7 Å². The summed E-state index contributed by atoms with van der Waals surface area (Å²) in [6.45, 7) is 8.99. The number of para-hydroxylation sites is 3. The molecule has 6 nitrogen and oxygen atoms in total. The predicted molar refractivity (Wildman–Crippen MR) is 227 cm³/mol. The van der Waals surface area contributed by atoms with Gasteiger partial charge in [0, 0.05) is 34.3 Å². The summed E-state index contributed by atoms with van der Waals surface area (Å²) in [5.41, 5.74) is 3.38. The van der Waals surface area contributed by atoms with E-state index in [9.17, 15) is 14.4 Å². The fourth-order valence-electron chi connectivity index (χ4n) is 6.83. The highest BCUT2D eigenvalue weighted by Crippen LogP contribution is 2.48. The second kappa shape index (κ2) is 17.4. The first-order chi connectivity index (χ1) is 26.4. The zero-order valence-corrected chi connectivity index (χ0v) is 33.5. The molecule has 3 aromatic rings. The van der Waals surface area contributed by atoms with Crippen LogP contribution in [-0.2, 0) is 14.4 Å². The summed E-state index contributed by atoms with van der Waals surface area (Å²) in [7, 11) is 0. The molecule has 3 aliphatic heterocycles. The van der Waals surface area contributed by atoms with Crippen molar-refractivity contribution in [2.24, 2.45) is 0 Å². The fourth-order valence-corrected chi connectivity index (χ4v) is 10.1. The summed E-state index contributed by atoms with van der Waals surface area (Å²) in [6, 6.07) is 24.8. The summed E-state index contributed by atoms with van der Waals surface area (Å²) >= 11 is 4.89. The van der Waals surface area contributed by atoms with Crippen molar-refractivity contribution < 1.29 is 14.4 Å². The van der Waals surface area contributed by atoms with Crippen molar-refractivity contribution in [3.63, 3.8) is 0 Å². The Balaban J connectivity index is 1.29. The number of fused-ring (bicyclic) bond motifs is 3.